The van der Waals surface area contributed by atoms with Crippen molar-refractivity contribution in [2.75, 3.05) is 26.7 Å². The highest BCUT2D eigenvalue weighted by molar-refractivity contribution is 7.54. The van der Waals surface area contributed by atoms with E-state index in [-0.39, 0.29) is 52.4 Å². The zero-order valence-electron chi connectivity index (χ0n) is 36.1. The molecule has 2 aromatic carbocycles. The first kappa shape index (κ1) is 46.2. The van der Waals surface area contributed by atoms with Crippen LogP contribution in [0, 0.1) is 39.9 Å². The van der Waals surface area contributed by atoms with Crippen molar-refractivity contribution in [1.82, 2.24) is 15.1 Å². The first-order valence-electron chi connectivity index (χ1n) is 21.1. The molecule has 3 saturated heterocycles. The summed E-state index contributed by atoms with van der Waals surface area (Å²) >= 11 is 1.01. The third-order valence-electron chi connectivity index (χ3n) is 12.3. The third kappa shape index (κ3) is 9.70. The molecule has 7 atom stereocenters. The molecular weight excluding hydrogens is 858 g/mol. The van der Waals surface area contributed by atoms with Gasteiger partial charge in [0.1, 0.15) is 12.1 Å². The van der Waals surface area contributed by atoms with Crippen LogP contribution in [0.25, 0.3) is 10.1 Å². The summed E-state index contributed by atoms with van der Waals surface area (Å²) in [5.41, 5.74) is -6.26. The normalized spacial score (nSPS) is 25.1. The van der Waals surface area contributed by atoms with Gasteiger partial charge in [-0.25, -0.2) is 0 Å². The fourth-order valence-corrected chi connectivity index (χ4v) is 10.8. The Labute approximate surface area is 369 Å². The summed E-state index contributed by atoms with van der Waals surface area (Å²) in [6, 6.07) is 14.9. The Morgan fingerprint density at radius 1 is 0.873 bits per heavy atom. The molecule has 0 spiro atoms. The van der Waals surface area contributed by atoms with E-state index in [0.717, 1.165) is 41.9 Å². The van der Waals surface area contributed by atoms with Crippen LogP contribution in [0.3, 0.4) is 0 Å². The molecule has 3 amide bonds. The predicted molar refractivity (Wildman–Crippen MR) is 227 cm³/mol. The zero-order valence-corrected chi connectivity index (χ0v) is 37.8. The van der Waals surface area contributed by atoms with Crippen LogP contribution >= 0.6 is 18.9 Å². The number of rotatable bonds is 12. The number of fused-ring (bicyclic) bond motifs is 3. The van der Waals surface area contributed by atoms with Crippen molar-refractivity contribution in [1.29, 1.82) is 5.26 Å². The number of carbonyl (C=O) groups excluding carboxylic acids is 5. The van der Waals surface area contributed by atoms with Crippen LogP contribution in [-0.2, 0) is 47.9 Å². The number of alkyl halides is 2. The number of thiophene rings is 1. The van der Waals surface area contributed by atoms with Gasteiger partial charge in [-0.3, -0.25) is 37.6 Å². The number of likely N-dealkylation sites (tertiary alicyclic amines) is 1. The maximum absolute atomic E-state index is 16.4. The van der Waals surface area contributed by atoms with Crippen molar-refractivity contribution in [3.8, 4) is 6.07 Å². The van der Waals surface area contributed by atoms with Gasteiger partial charge in [-0.05, 0) is 115 Å². The molecular formula is C45H53F2N4O10PS. The Morgan fingerprint density at radius 2 is 1.51 bits per heavy atom. The van der Waals surface area contributed by atoms with E-state index in [2.05, 4.69) is 11.4 Å². The molecule has 1 aliphatic carbocycles. The van der Waals surface area contributed by atoms with Gasteiger partial charge in [0, 0.05) is 35.3 Å². The van der Waals surface area contributed by atoms with Gasteiger partial charge in [0.05, 0.1) is 27.7 Å². The number of benzene rings is 2. The molecule has 3 aromatic rings. The van der Waals surface area contributed by atoms with E-state index in [0.29, 0.717) is 36.4 Å². The van der Waals surface area contributed by atoms with E-state index in [1.54, 1.807) is 9.80 Å². The van der Waals surface area contributed by atoms with Crippen molar-refractivity contribution < 1.29 is 55.8 Å². The first-order valence-corrected chi connectivity index (χ1v) is 23.5. The van der Waals surface area contributed by atoms with Crippen LogP contribution in [0.1, 0.15) is 100 Å². The van der Waals surface area contributed by atoms with Gasteiger partial charge in [-0.15, -0.1) is 11.3 Å². The van der Waals surface area contributed by atoms with Crippen LogP contribution < -0.4 is 5.32 Å². The molecule has 4 fully saturated rings. The number of ether oxygens (including phenoxy) is 2. The predicted octanol–water partition coefficient (Wildman–Crippen LogP) is 7.92. The van der Waals surface area contributed by atoms with Crippen LogP contribution in [-0.4, -0.2) is 84.3 Å². The Kier molecular flexibility index (Phi) is 13.0. The number of hydrogen-bond donors (Lipinski definition) is 1. The Balaban J connectivity index is 1.08. The number of carbonyl (C=O) groups is 5. The second kappa shape index (κ2) is 17.7. The minimum absolute atomic E-state index is 0.128. The highest BCUT2D eigenvalue weighted by Gasteiger charge is 2.56. The average Bonchev–Trinajstić information content (AvgIpc) is 3.56. The first-order chi connectivity index (χ1) is 29.6. The van der Waals surface area contributed by atoms with Gasteiger partial charge in [0.2, 0.25) is 25.4 Å². The monoisotopic (exact) mass is 910 g/mol. The SMILES string of the molecule is CC(C)(C)C(=O)OCOP(=O)(OCOC(=O)C(C)(C)C)C(F)(F)c1ccc2sc(C(=O)N[C@H]3C[C@@H]4C[C@@H]4C[C@H]4CC[C@@H](C(=O)N5C[C@@H](C#N)[C@H](c6ccccc6)C5)N4C3=O)cc2c1. The zero-order chi connectivity index (χ0) is 45.6. The van der Waals surface area contributed by atoms with Gasteiger partial charge < -0.3 is 24.6 Å². The van der Waals surface area contributed by atoms with Crippen molar-refractivity contribution in [3.05, 3.63) is 70.6 Å². The lowest BCUT2D eigenvalue weighted by Crippen LogP contribution is -2.57. The molecule has 18 heteroatoms. The third-order valence-corrected chi connectivity index (χ3v) is 15.3. The van der Waals surface area contributed by atoms with E-state index in [1.165, 1.54) is 53.7 Å². The summed E-state index contributed by atoms with van der Waals surface area (Å²) in [6.07, 6.45) is 3.22. The fraction of sp³-hybridized carbons (Fsp3) is 0.556. The number of hydrogen-bond acceptors (Lipinski definition) is 12. The lowest BCUT2D eigenvalue weighted by molar-refractivity contribution is -0.163. The second-order valence-electron chi connectivity index (χ2n) is 19.0. The molecule has 4 heterocycles. The Morgan fingerprint density at radius 3 is 2.13 bits per heavy atom. The fourth-order valence-electron chi connectivity index (χ4n) is 8.66. The lowest BCUT2D eigenvalue weighted by Gasteiger charge is -2.36. The molecule has 1 N–H and O–H groups in total. The Hall–Kier alpha value is -4.75. The minimum Gasteiger partial charge on any atom is -0.438 e. The summed E-state index contributed by atoms with van der Waals surface area (Å²) in [6.45, 7) is 7.50. The summed E-state index contributed by atoms with van der Waals surface area (Å²) < 4.78 is 66.9. The van der Waals surface area contributed by atoms with E-state index in [4.69, 9.17) is 18.5 Å². The topological polar surface area (TPSA) is 182 Å². The van der Waals surface area contributed by atoms with E-state index < -0.39 is 73.2 Å². The van der Waals surface area contributed by atoms with Crippen LogP contribution in [0.2, 0.25) is 0 Å². The number of esters is 2. The standard InChI is InChI=1S/C45H53F2N4O10PS/c1-43(2,3)41(55)58-24-60-62(57,61-25-59-42(56)44(4,5)6)45(46,47)31-12-15-36-29(17-31)20-37(63-36)38(52)49-34-19-28-16-27(28)18-32-13-14-35(51(32)39(34)53)40(54)50-22-30(21-48)33(23-50)26-10-8-7-9-11-26/h7-12,15,17,20,27-28,30,32-35H,13-14,16,18-19,22-25H2,1-6H3,(H,49,52)/t27-,28+,30-,32-,33+,34+,35+/m1/s1. The van der Waals surface area contributed by atoms with E-state index in [1.807, 2.05) is 30.3 Å². The molecule has 0 unspecified atom stereocenters. The smallest absolute Gasteiger partial charge is 0.410 e. The van der Waals surface area contributed by atoms with E-state index >= 15 is 8.78 Å². The molecule has 0 bridgehead atoms. The molecule has 14 nitrogen and oxygen atoms in total. The molecule has 338 valence electrons. The molecule has 1 saturated carbocycles. The molecule has 1 aromatic heterocycles. The van der Waals surface area contributed by atoms with Gasteiger partial charge >= 0.3 is 25.2 Å². The number of amides is 3. The quantitative estimate of drug-likeness (QED) is 0.106. The van der Waals surface area contributed by atoms with Gasteiger partial charge in [-0.1, -0.05) is 36.4 Å². The molecule has 63 heavy (non-hydrogen) atoms. The molecule has 4 aliphatic rings. The largest absolute Gasteiger partial charge is 0.438 e. The maximum Gasteiger partial charge on any atom is 0.410 e. The highest BCUT2D eigenvalue weighted by atomic mass is 32.1. The second-order valence-corrected chi connectivity index (χ2v) is 22.2. The van der Waals surface area contributed by atoms with Gasteiger partial charge in [-0.2, -0.15) is 14.0 Å². The number of halogens is 2. The van der Waals surface area contributed by atoms with E-state index in [9.17, 15) is 33.8 Å². The summed E-state index contributed by atoms with van der Waals surface area (Å²) in [7, 11) is -5.59. The van der Waals surface area contributed by atoms with Gasteiger partial charge in [0.15, 0.2) is 0 Å². The number of nitrogens with one attached hydrogen (secondary N) is 1. The average molecular weight is 911 g/mol. The van der Waals surface area contributed by atoms with Gasteiger partial charge in [0.25, 0.3) is 5.91 Å². The number of nitriles is 1. The lowest BCUT2D eigenvalue weighted by atomic mass is 9.90. The van der Waals surface area contributed by atoms with Crippen LogP contribution in [0.4, 0.5) is 8.78 Å². The van der Waals surface area contributed by atoms with Crippen molar-refractivity contribution in [2.24, 2.45) is 28.6 Å². The van der Waals surface area contributed by atoms with Crippen LogP contribution in [0.15, 0.2) is 54.6 Å². The summed E-state index contributed by atoms with van der Waals surface area (Å²) in [4.78, 5) is 70.8. The highest BCUT2D eigenvalue weighted by Crippen LogP contribution is 2.67. The van der Waals surface area contributed by atoms with Crippen molar-refractivity contribution in [3.63, 3.8) is 0 Å². The minimum atomic E-state index is -5.59. The van der Waals surface area contributed by atoms with Crippen molar-refractivity contribution >= 4 is 58.7 Å². The van der Waals surface area contributed by atoms with Crippen molar-refractivity contribution in [2.45, 2.75) is 103 Å². The van der Waals surface area contributed by atoms with Crippen LogP contribution in [0.5, 0.6) is 0 Å². The molecule has 0 radical (unpaired) electrons. The Bertz CT molecular complexity index is 2320. The summed E-state index contributed by atoms with van der Waals surface area (Å²) in [5, 5.41) is 13.1. The maximum atomic E-state index is 16.4. The number of nitrogens with zero attached hydrogens (tertiary/aromatic N) is 3. The molecule has 7 rings (SSSR count). The molecule has 3 aliphatic heterocycles. The summed E-state index contributed by atoms with van der Waals surface area (Å²) in [5.74, 6) is -2.71.